The number of nitrogens with one attached hydrogen (secondary N) is 1. The number of aliphatic hydroxyl groups excluding tert-OH is 1. The molecular formula is C26H28N2O4S. The van der Waals surface area contributed by atoms with Crippen LogP contribution in [0.3, 0.4) is 0 Å². The molecule has 2 aromatic carbocycles. The standard InChI is InChI=1S/C26H28N2O4S/c1-15-13-27-26(33-15)18-5-3-17(4-6-18)11-19-12-21(24-20(16(19)2)7-10-32-24)25(30)28-22-8-9-31-14-23(22)29/h3-6,12-13,22-23,29H,7-11,14H2,1-2H3,(H,28,30)/t22-,23-/m0/s1. The maximum Gasteiger partial charge on any atom is 0.255 e. The molecule has 0 spiro atoms. The fourth-order valence-corrected chi connectivity index (χ4v) is 5.33. The largest absolute Gasteiger partial charge is 0.492 e. The Bertz CT molecular complexity index is 1170. The van der Waals surface area contributed by atoms with Crippen molar-refractivity contribution < 1.29 is 19.4 Å². The number of aliphatic hydroxyl groups is 1. The molecule has 2 aliphatic rings. The number of benzene rings is 2. The second-order valence-corrected chi connectivity index (χ2v) is 10.0. The fourth-order valence-electron chi connectivity index (χ4n) is 4.56. The van der Waals surface area contributed by atoms with Gasteiger partial charge in [0.15, 0.2) is 0 Å². The number of carbonyl (C=O) groups excluding carboxylic acids is 1. The van der Waals surface area contributed by atoms with Crippen LogP contribution in [-0.4, -0.2) is 48.0 Å². The summed E-state index contributed by atoms with van der Waals surface area (Å²) in [5.74, 6) is 0.486. The first-order chi connectivity index (χ1) is 16.0. The van der Waals surface area contributed by atoms with Crippen LogP contribution in [0.2, 0.25) is 0 Å². The highest BCUT2D eigenvalue weighted by atomic mass is 32.1. The lowest BCUT2D eigenvalue weighted by Crippen LogP contribution is -2.48. The Morgan fingerprint density at radius 3 is 2.79 bits per heavy atom. The number of aryl methyl sites for hydroxylation is 1. The Hall–Kier alpha value is -2.74. The Labute approximate surface area is 197 Å². The van der Waals surface area contributed by atoms with Crippen LogP contribution < -0.4 is 10.1 Å². The second-order valence-electron chi connectivity index (χ2n) is 8.78. The number of thiazole rings is 1. The van der Waals surface area contributed by atoms with E-state index in [4.69, 9.17) is 9.47 Å². The average Bonchev–Trinajstić information content (AvgIpc) is 3.47. The number of nitrogens with zero attached hydrogens (tertiary/aromatic N) is 1. The van der Waals surface area contributed by atoms with Crippen molar-refractivity contribution in [3.8, 4) is 16.3 Å². The summed E-state index contributed by atoms with van der Waals surface area (Å²) in [6.07, 6.45) is 3.34. The van der Waals surface area contributed by atoms with Gasteiger partial charge in [-0.1, -0.05) is 24.3 Å². The SMILES string of the molecule is Cc1cnc(-c2ccc(Cc3cc(C(=O)N[C@H]4CCOC[C@@H]4O)c4c(c3C)CCO4)cc2)s1. The van der Waals surface area contributed by atoms with Gasteiger partial charge in [-0.3, -0.25) is 4.79 Å². The van der Waals surface area contributed by atoms with E-state index in [9.17, 15) is 9.90 Å². The van der Waals surface area contributed by atoms with Crippen LogP contribution in [0.4, 0.5) is 0 Å². The van der Waals surface area contributed by atoms with Crippen molar-refractivity contribution in [3.05, 3.63) is 69.2 Å². The Morgan fingerprint density at radius 2 is 2.06 bits per heavy atom. The van der Waals surface area contributed by atoms with Crippen LogP contribution in [0.25, 0.3) is 10.6 Å². The zero-order valence-corrected chi connectivity index (χ0v) is 19.7. The fraction of sp³-hybridized carbons (Fsp3) is 0.385. The zero-order chi connectivity index (χ0) is 22.9. The van der Waals surface area contributed by atoms with E-state index in [0.717, 1.165) is 34.5 Å². The third-order valence-corrected chi connectivity index (χ3v) is 7.44. The van der Waals surface area contributed by atoms with Gasteiger partial charge < -0.3 is 19.9 Å². The predicted molar refractivity (Wildman–Crippen MR) is 128 cm³/mol. The molecule has 2 atom stereocenters. The first kappa shape index (κ1) is 22.1. The van der Waals surface area contributed by atoms with E-state index in [2.05, 4.69) is 48.4 Å². The van der Waals surface area contributed by atoms with Crippen LogP contribution in [0, 0.1) is 13.8 Å². The van der Waals surface area contributed by atoms with E-state index < -0.39 is 6.10 Å². The van der Waals surface area contributed by atoms with Crippen molar-refractivity contribution in [2.24, 2.45) is 0 Å². The van der Waals surface area contributed by atoms with Crippen LogP contribution in [0.15, 0.2) is 36.5 Å². The topological polar surface area (TPSA) is 80.7 Å². The highest BCUT2D eigenvalue weighted by Crippen LogP contribution is 2.36. The van der Waals surface area contributed by atoms with Crippen LogP contribution in [-0.2, 0) is 17.6 Å². The van der Waals surface area contributed by atoms with Crippen LogP contribution in [0.5, 0.6) is 5.75 Å². The molecule has 7 heteroatoms. The summed E-state index contributed by atoms with van der Waals surface area (Å²) in [6, 6.07) is 10.1. The van der Waals surface area contributed by atoms with Crippen molar-refractivity contribution in [2.75, 3.05) is 19.8 Å². The molecule has 172 valence electrons. The van der Waals surface area contributed by atoms with Crippen molar-refractivity contribution in [3.63, 3.8) is 0 Å². The van der Waals surface area contributed by atoms with Crippen molar-refractivity contribution in [1.29, 1.82) is 0 Å². The van der Waals surface area contributed by atoms with Crippen molar-refractivity contribution in [2.45, 2.75) is 45.3 Å². The lowest BCUT2D eigenvalue weighted by molar-refractivity contribution is -0.0261. The van der Waals surface area contributed by atoms with Gasteiger partial charge in [0, 0.05) is 35.2 Å². The van der Waals surface area contributed by atoms with Gasteiger partial charge >= 0.3 is 0 Å². The summed E-state index contributed by atoms with van der Waals surface area (Å²) < 4.78 is 11.1. The minimum absolute atomic E-state index is 0.199. The quantitative estimate of drug-likeness (QED) is 0.600. The number of carbonyl (C=O) groups is 1. The third-order valence-electron chi connectivity index (χ3n) is 6.47. The third kappa shape index (κ3) is 4.53. The molecular weight excluding hydrogens is 436 g/mol. The second kappa shape index (κ2) is 9.25. The summed E-state index contributed by atoms with van der Waals surface area (Å²) >= 11 is 1.69. The van der Waals surface area contributed by atoms with Gasteiger partial charge in [-0.05, 0) is 49.4 Å². The van der Waals surface area contributed by atoms with E-state index in [1.165, 1.54) is 16.0 Å². The maximum atomic E-state index is 13.2. The van der Waals surface area contributed by atoms with Crippen molar-refractivity contribution in [1.82, 2.24) is 10.3 Å². The van der Waals surface area contributed by atoms with E-state index in [1.54, 1.807) is 11.3 Å². The summed E-state index contributed by atoms with van der Waals surface area (Å²) in [5.41, 5.74) is 6.27. The molecule has 1 fully saturated rings. The first-order valence-electron chi connectivity index (χ1n) is 11.4. The smallest absolute Gasteiger partial charge is 0.255 e. The highest BCUT2D eigenvalue weighted by molar-refractivity contribution is 7.14. The Kier molecular flexibility index (Phi) is 6.19. The Balaban J connectivity index is 1.40. The number of amides is 1. The molecule has 2 N–H and O–H groups in total. The average molecular weight is 465 g/mol. The summed E-state index contributed by atoms with van der Waals surface area (Å²) in [5, 5.41) is 14.2. The number of hydrogen-bond donors (Lipinski definition) is 2. The molecule has 0 bridgehead atoms. The summed E-state index contributed by atoms with van der Waals surface area (Å²) in [7, 11) is 0. The molecule has 5 rings (SSSR count). The monoisotopic (exact) mass is 464 g/mol. The molecule has 6 nitrogen and oxygen atoms in total. The molecule has 0 radical (unpaired) electrons. The predicted octanol–water partition coefficient (Wildman–Crippen LogP) is 3.83. The minimum Gasteiger partial charge on any atom is -0.492 e. The number of ether oxygens (including phenoxy) is 2. The van der Waals surface area contributed by atoms with Gasteiger partial charge in [0.05, 0.1) is 30.9 Å². The molecule has 0 unspecified atom stereocenters. The van der Waals surface area contributed by atoms with E-state index in [1.807, 2.05) is 12.3 Å². The van der Waals surface area contributed by atoms with Crippen LogP contribution in [0.1, 0.15) is 43.9 Å². The van der Waals surface area contributed by atoms with Gasteiger partial charge in [-0.2, -0.15) is 0 Å². The zero-order valence-electron chi connectivity index (χ0n) is 18.9. The van der Waals surface area contributed by atoms with Gasteiger partial charge in [-0.25, -0.2) is 4.98 Å². The minimum atomic E-state index is -0.693. The van der Waals surface area contributed by atoms with Gasteiger partial charge in [0.2, 0.25) is 0 Å². The number of rotatable bonds is 5. The summed E-state index contributed by atoms with van der Waals surface area (Å²) in [4.78, 5) is 18.9. The van der Waals surface area contributed by atoms with Gasteiger partial charge in [0.25, 0.3) is 5.91 Å². The van der Waals surface area contributed by atoms with Gasteiger partial charge in [0.1, 0.15) is 10.8 Å². The van der Waals surface area contributed by atoms with Crippen molar-refractivity contribution >= 4 is 17.2 Å². The molecule has 1 aromatic heterocycles. The highest BCUT2D eigenvalue weighted by Gasteiger charge is 2.29. The molecule has 2 aliphatic heterocycles. The van der Waals surface area contributed by atoms with E-state index in [-0.39, 0.29) is 18.6 Å². The van der Waals surface area contributed by atoms with Gasteiger partial charge in [-0.15, -0.1) is 11.3 Å². The maximum absolute atomic E-state index is 13.2. The summed E-state index contributed by atoms with van der Waals surface area (Å²) in [6.45, 7) is 5.54. The van der Waals surface area contributed by atoms with Crippen LogP contribution >= 0.6 is 11.3 Å². The molecule has 33 heavy (non-hydrogen) atoms. The van der Waals surface area contributed by atoms with E-state index >= 15 is 0 Å². The molecule has 0 saturated carbocycles. The number of hydrogen-bond acceptors (Lipinski definition) is 6. The Morgan fingerprint density at radius 1 is 1.24 bits per heavy atom. The molecule has 0 aliphatic carbocycles. The first-order valence-corrected chi connectivity index (χ1v) is 12.2. The molecule has 1 saturated heterocycles. The molecule has 3 aromatic rings. The number of aromatic nitrogens is 1. The lowest BCUT2D eigenvalue weighted by Gasteiger charge is -2.28. The lowest BCUT2D eigenvalue weighted by atomic mass is 9.92. The van der Waals surface area contributed by atoms with E-state index in [0.29, 0.717) is 30.9 Å². The number of fused-ring (bicyclic) bond motifs is 1. The molecule has 1 amide bonds. The normalized spacial score (nSPS) is 19.7. The molecule has 3 heterocycles.